The smallest absolute Gasteiger partial charge is 0.305 e. The maximum absolute atomic E-state index is 12.4. The molecule has 0 heterocycles. The molecular weight excluding hydrogens is 683 g/mol. The molecule has 2 unspecified atom stereocenters. The first kappa shape index (κ1) is 53.3. The molecule has 0 aliphatic heterocycles. The number of allylic oxidation sites excluding steroid dienone is 4. The van der Waals surface area contributed by atoms with E-state index < -0.39 is 12.1 Å². The van der Waals surface area contributed by atoms with Crippen molar-refractivity contribution in [2.24, 2.45) is 0 Å². The number of aliphatic hydroxyl groups excluding tert-OH is 2. The molecule has 0 bridgehead atoms. The highest BCUT2D eigenvalue weighted by molar-refractivity contribution is 5.76. The molecule has 55 heavy (non-hydrogen) atoms. The Labute approximate surface area is 341 Å². The second-order valence-electron chi connectivity index (χ2n) is 16.4. The van der Waals surface area contributed by atoms with Gasteiger partial charge in [0.05, 0.1) is 25.4 Å². The number of hydrogen-bond acceptors (Lipinski definition) is 5. The fraction of sp³-hybridized carbons (Fsp3) is 0.878. The van der Waals surface area contributed by atoms with Gasteiger partial charge in [-0.05, 0) is 44.9 Å². The molecule has 0 aliphatic carbocycles. The van der Waals surface area contributed by atoms with Gasteiger partial charge in [-0.1, -0.05) is 218 Å². The Kier molecular flexibility index (Phi) is 43.7. The van der Waals surface area contributed by atoms with Crippen LogP contribution in [0.2, 0.25) is 0 Å². The average Bonchev–Trinajstić information content (AvgIpc) is 3.18. The normalized spacial score (nSPS) is 12.9. The van der Waals surface area contributed by atoms with Gasteiger partial charge in [0.15, 0.2) is 0 Å². The fourth-order valence-electron chi connectivity index (χ4n) is 7.28. The predicted molar refractivity (Wildman–Crippen MR) is 236 cm³/mol. The number of aliphatic hydroxyl groups is 2. The standard InChI is InChI=1S/C49H93NO5/c1-3-5-7-9-11-13-15-18-21-25-29-33-37-41-47(52)46(45-51)50-48(53)42-38-34-30-26-22-19-17-20-24-28-32-36-40-44-55-49(54)43-39-35-31-27-23-16-14-12-10-8-6-4-2/h19,22,30,34,46-47,51-52H,3-18,20-21,23-29,31-33,35-45H2,1-2H3,(H,50,53)/b22-19-,34-30-. The third kappa shape index (κ3) is 41.8. The van der Waals surface area contributed by atoms with E-state index in [2.05, 4.69) is 37.4 Å². The summed E-state index contributed by atoms with van der Waals surface area (Å²) in [5.41, 5.74) is 0. The average molecular weight is 776 g/mol. The summed E-state index contributed by atoms with van der Waals surface area (Å²) in [5, 5.41) is 23.1. The zero-order valence-electron chi connectivity index (χ0n) is 36.7. The first-order chi connectivity index (χ1) is 27.0. The van der Waals surface area contributed by atoms with Crippen LogP contribution in [0.15, 0.2) is 24.3 Å². The molecule has 6 heteroatoms. The quantitative estimate of drug-likeness (QED) is 0.0325. The van der Waals surface area contributed by atoms with E-state index in [1.165, 1.54) is 161 Å². The Morgan fingerprint density at radius 1 is 0.509 bits per heavy atom. The number of carbonyl (C=O) groups excluding carboxylic acids is 2. The molecule has 0 aromatic rings. The van der Waals surface area contributed by atoms with E-state index in [0.717, 1.165) is 51.4 Å². The van der Waals surface area contributed by atoms with Gasteiger partial charge in [0.1, 0.15) is 0 Å². The van der Waals surface area contributed by atoms with Crippen LogP contribution in [0.4, 0.5) is 0 Å². The van der Waals surface area contributed by atoms with Crippen LogP contribution < -0.4 is 5.32 Å². The highest BCUT2D eigenvalue weighted by Crippen LogP contribution is 2.16. The molecule has 0 aromatic heterocycles. The number of ether oxygens (including phenoxy) is 1. The summed E-state index contributed by atoms with van der Waals surface area (Å²) in [5.74, 6) is -0.133. The van der Waals surface area contributed by atoms with Gasteiger partial charge >= 0.3 is 5.97 Å². The van der Waals surface area contributed by atoms with Crippen molar-refractivity contribution in [1.29, 1.82) is 0 Å². The summed E-state index contributed by atoms with van der Waals surface area (Å²) in [6.07, 6.45) is 51.5. The van der Waals surface area contributed by atoms with Crippen LogP contribution in [0.5, 0.6) is 0 Å². The van der Waals surface area contributed by atoms with Crippen LogP contribution in [0.1, 0.15) is 251 Å². The van der Waals surface area contributed by atoms with Gasteiger partial charge in [-0.25, -0.2) is 0 Å². The third-order valence-electron chi connectivity index (χ3n) is 11.0. The Balaban J connectivity index is 3.56. The van der Waals surface area contributed by atoms with Crippen molar-refractivity contribution in [3.8, 4) is 0 Å². The molecule has 324 valence electrons. The maximum Gasteiger partial charge on any atom is 0.305 e. The molecule has 3 N–H and O–H groups in total. The molecule has 0 aromatic carbocycles. The van der Waals surface area contributed by atoms with E-state index in [1.807, 2.05) is 6.08 Å². The van der Waals surface area contributed by atoms with Gasteiger partial charge in [0.25, 0.3) is 0 Å². The number of amides is 1. The molecule has 1 amide bonds. The lowest BCUT2D eigenvalue weighted by atomic mass is 10.0. The first-order valence-electron chi connectivity index (χ1n) is 24.1. The van der Waals surface area contributed by atoms with E-state index in [0.29, 0.717) is 32.3 Å². The van der Waals surface area contributed by atoms with Gasteiger partial charge in [0, 0.05) is 12.8 Å². The Morgan fingerprint density at radius 3 is 1.42 bits per heavy atom. The number of esters is 1. The van der Waals surface area contributed by atoms with Gasteiger partial charge in [-0.15, -0.1) is 0 Å². The summed E-state index contributed by atoms with van der Waals surface area (Å²) in [4.78, 5) is 24.3. The SMILES string of the molecule is CCCCCCCCCCCCCCCC(O)C(CO)NC(=O)CC/C=C\C/C=C\CCCCCCCCOC(=O)CCCCCCCCCCCCCC. The predicted octanol–water partition coefficient (Wildman–Crippen LogP) is 14.0. The molecule has 0 fully saturated rings. The zero-order valence-corrected chi connectivity index (χ0v) is 36.7. The van der Waals surface area contributed by atoms with Gasteiger partial charge in [-0.2, -0.15) is 0 Å². The van der Waals surface area contributed by atoms with Crippen molar-refractivity contribution >= 4 is 11.9 Å². The Morgan fingerprint density at radius 2 is 0.927 bits per heavy atom. The lowest BCUT2D eigenvalue weighted by Crippen LogP contribution is -2.45. The van der Waals surface area contributed by atoms with Gasteiger partial charge < -0.3 is 20.3 Å². The molecule has 2 atom stereocenters. The van der Waals surface area contributed by atoms with Crippen molar-refractivity contribution in [3.63, 3.8) is 0 Å². The fourth-order valence-corrected chi connectivity index (χ4v) is 7.28. The second kappa shape index (κ2) is 45.0. The molecule has 0 saturated heterocycles. The molecule has 0 aliphatic rings. The van der Waals surface area contributed by atoms with E-state index in [9.17, 15) is 19.8 Å². The number of unbranched alkanes of at least 4 members (excludes halogenated alkanes) is 29. The van der Waals surface area contributed by atoms with Gasteiger partial charge in [0.2, 0.25) is 5.91 Å². The van der Waals surface area contributed by atoms with Crippen molar-refractivity contribution in [1.82, 2.24) is 5.32 Å². The minimum atomic E-state index is -0.697. The van der Waals surface area contributed by atoms with E-state index in [1.54, 1.807) is 0 Å². The van der Waals surface area contributed by atoms with E-state index in [-0.39, 0.29) is 18.5 Å². The Bertz CT molecular complexity index is 858. The summed E-state index contributed by atoms with van der Waals surface area (Å²) >= 11 is 0. The Hall–Kier alpha value is -1.66. The number of rotatable bonds is 44. The topological polar surface area (TPSA) is 95.9 Å². The molecule has 0 radical (unpaired) electrons. The summed E-state index contributed by atoms with van der Waals surface area (Å²) in [7, 11) is 0. The lowest BCUT2D eigenvalue weighted by molar-refractivity contribution is -0.143. The van der Waals surface area contributed by atoms with Crippen molar-refractivity contribution < 1.29 is 24.5 Å². The van der Waals surface area contributed by atoms with Crippen LogP contribution in [0, 0.1) is 0 Å². The van der Waals surface area contributed by atoms with Crippen LogP contribution in [-0.4, -0.2) is 47.4 Å². The summed E-state index contributed by atoms with van der Waals surface area (Å²) < 4.78 is 5.43. The van der Waals surface area contributed by atoms with Crippen molar-refractivity contribution in [3.05, 3.63) is 24.3 Å². The summed E-state index contributed by atoms with van der Waals surface area (Å²) in [6, 6.07) is -0.583. The monoisotopic (exact) mass is 776 g/mol. The highest BCUT2D eigenvalue weighted by Gasteiger charge is 2.19. The maximum atomic E-state index is 12.4. The van der Waals surface area contributed by atoms with Gasteiger partial charge in [-0.3, -0.25) is 9.59 Å². The highest BCUT2D eigenvalue weighted by atomic mass is 16.5. The van der Waals surface area contributed by atoms with Crippen LogP contribution in [0.3, 0.4) is 0 Å². The third-order valence-corrected chi connectivity index (χ3v) is 11.0. The molecule has 0 spiro atoms. The number of nitrogens with one attached hydrogen (secondary N) is 1. The number of carbonyl (C=O) groups is 2. The van der Waals surface area contributed by atoms with Crippen molar-refractivity contribution in [2.75, 3.05) is 13.2 Å². The van der Waals surface area contributed by atoms with Crippen LogP contribution in [-0.2, 0) is 14.3 Å². The largest absolute Gasteiger partial charge is 0.466 e. The van der Waals surface area contributed by atoms with E-state index >= 15 is 0 Å². The van der Waals surface area contributed by atoms with Crippen LogP contribution in [0.25, 0.3) is 0 Å². The summed E-state index contributed by atoms with van der Waals surface area (Å²) in [6.45, 7) is 4.88. The first-order valence-corrected chi connectivity index (χ1v) is 24.1. The molecule has 0 rings (SSSR count). The van der Waals surface area contributed by atoms with Crippen molar-refractivity contribution in [2.45, 2.75) is 264 Å². The molecular formula is C49H93NO5. The minimum absolute atomic E-state index is 0.0168. The zero-order chi connectivity index (χ0) is 40.1. The lowest BCUT2D eigenvalue weighted by Gasteiger charge is -2.22. The number of hydrogen-bond donors (Lipinski definition) is 3. The van der Waals surface area contributed by atoms with E-state index in [4.69, 9.17) is 4.74 Å². The van der Waals surface area contributed by atoms with Crippen LogP contribution >= 0.6 is 0 Å². The molecule has 6 nitrogen and oxygen atoms in total. The molecule has 0 saturated carbocycles. The minimum Gasteiger partial charge on any atom is -0.466 e. The second-order valence-corrected chi connectivity index (χ2v) is 16.4.